The number of hydrogen-bond donors (Lipinski definition) is 2. The molecule has 24 heavy (non-hydrogen) atoms. The number of nitrogens with one attached hydrogen (secondary N) is 2. The van der Waals surface area contributed by atoms with Crippen LogP contribution in [0.4, 0.5) is 5.69 Å². The first-order valence-corrected chi connectivity index (χ1v) is 7.49. The number of benzene rings is 2. The van der Waals surface area contributed by atoms with Gasteiger partial charge in [-0.05, 0) is 48.5 Å². The molecular formula is C18H19N3O3. The van der Waals surface area contributed by atoms with Crippen LogP contribution in [0, 0.1) is 11.3 Å². The summed E-state index contributed by atoms with van der Waals surface area (Å²) in [5, 5.41) is 14.5. The Kier molecular flexibility index (Phi) is 6.62. The number of carbonyl (C=O) groups excluding carboxylic acids is 1. The van der Waals surface area contributed by atoms with Crippen molar-refractivity contribution in [3.63, 3.8) is 0 Å². The molecule has 2 aromatic rings. The first-order chi connectivity index (χ1) is 11.7. The van der Waals surface area contributed by atoms with Gasteiger partial charge in [-0.25, -0.2) is 0 Å². The van der Waals surface area contributed by atoms with E-state index in [9.17, 15) is 4.79 Å². The van der Waals surface area contributed by atoms with Gasteiger partial charge in [-0.1, -0.05) is 0 Å². The summed E-state index contributed by atoms with van der Waals surface area (Å²) in [4.78, 5) is 11.8. The topological polar surface area (TPSA) is 83.4 Å². The number of methoxy groups -OCH3 is 1. The van der Waals surface area contributed by atoms with E-state index >= 15 is 0 Å². The SMILES string of the molecule is COc1ccc(OCCNCC(=O)Nc2ccc(C#N)cc2)cc1. The number of nitrogens with zero attached hydrogens (tertiary/aromatic N) is 1. The van der Waals surface area contributed by atoms with Crippen molar-refractivity contribution in [3.8, 4) is 17.6 Å². The highest BCUT2D eigenvalue weighted by atomic mass is 16.5. The van der Waals surface area contributed by atoms with E-state index in [0.29, 0.717) is 24.4 Å². The fraction of sp³-hybridized carbons (Fsp3) is 0.222. The molecule has 0 bridgehead atoms. The first-order valence-electron chi connectivity index (χ1n) is 7.49. The predicted octanol–water partition coefficient (Wildman–Crippen LogP) is 2.17. The van der Waals surface area contributed by atoms with Crippen LogP contribution in [-0.2, 0) is 4.79 Å². The normalized spacial score (nSPS) is 9.83. The van der Waals surface area contributed by atoms with Crippen molar-refractivity contribution in [2.75, 3.05) is 32.1 Å². The molecule has 0 unspecified atom stereocenters. The van der Waals surface area contributed by atoms with Gasteiger partial charge in [0.15, 0.2) is 0 Å². The highest BCUT2D eigenvalue weighted by molar-refractivity contribution is 5.92. The Labute approximate surface area is 141 Å². The lowest BCUT2D eigenvalue weighted by atomic mass is 10.2. The molecule has 124 valence electrons. The van der Waals surface area contributed by atoms with Crippen LogP contribution < -0.4 is 20.1 Å². The van der Waals surface area contributed by atoms with Gasteiger partial charge in [0.25, 0.3) is 0 Å². The van der Waals surface area contributed by atoms with E-state index in [2.05, 4.69) is 10.6 Å². The summed E-state index contributed by atoms with van der Waals surface area (Å²) in [5.41, 5.74) is 1.22. The Hall–Kier alpha value is -3.04. The quantitative estimate of drug-likeness (QED) is 0.727. The second-order valence-electron chi connectivity index (χ2n) is 4.94. The molecule has 2 N–H and O–H groups in total. The molecule has 0 aliphatic heterocycles. The molecule has 0 fully saturated rings. The third kappa shape index (κ3) is 5.63. The Morgan fingerprint density at radius 3 is 2.38 bits per heavy atom. The van der Waals surface area contributed by atoms with E-state index in [1.807, 2.05) is 30.3 Å². The van der Waals surface area contributed by atoms with Gasteiger partial charge in [0, 0.05) is 12.2 Å². The van der Waals surface area contributed by atoms with E-state index in [1.165, 1.54) is 0 Å². The van der Waals surface area contributed by atoms with Crippen molar-refractivity contribution in [1.29, 1.82) is 5.26 Å². The molecule has 0 saturated carbocycles. The maximum Gasteiger partial charge on any atom is 0.238 e. The second kappa shape index (κ2) is 9.18. The third-order valence-electron chi connectivity index (χ3n) is 3.19. The average Bonchev–Trinajstić information content (AvgIpc) is 2.62. The molecule has 6 heteroatoms. The maximum atomic E-state index is 11.8. The zero-order chi connectivity index (χ0) is 17.2. The minimum Gasteiger partial charge on any atom is -0.497 e. The summed E-state index contributed by atoms with van der Waals surface area (Å²) in [6, 6.07) is 16.1. The third-order valence-corrected chi connectivity index (χ3v) is 3.19. The number of amides is 1. The van der Waals surface area contributed by atoms with E-state index in [0.717, 1.165) is 11.5 Å². The lowest BCUT2D eigenvalue weighted by molar-refractivity contribution is -0.115. The molecule has 2 aromatic carbocycles. The lowest BCUT2D eigenvalue weighted by Gasteiger charge is -2.09. The highest BCUT2D eigenvalue weighted by Crippen LogP contribution is 2.16. The summed E-state index contributed by atoms with van der Waals surface area (Å²) in [5.74, 6) is 1.38. The molecule has 0 heterocycles. The lowest BCUT2D eigenvalue weighted by Crippen LogP contribution is -2.31. The van der Waals surface area contributed by atoms with Gasteiger partial charge >= 0.3 is 0 Å². The molecule has 2 rings (SSSR count). The summed E-state index contributed by atoms with van der Waals surface area (Å²) >= 11 is 0. The number of hydrogen-bond acceptors (Lipinski definition) is 5. The van der Waals surface area contributed by atoms with Crippen LogP contribution >= 0.6 is 0 Å². The molecule has 0 aromatic heterocycles. The van der Waals surface area contributed by atoms with Gasteiger partial charge in [0.2, 0.25) is 5.91 Å². The monoisotopic (exact) mass is 325 g/mol. The van der Waals surface area contributed by atoms with Gasteiger partial charge < -0.3 is 20.1 Å². The number of carbonyl (C=O) groups is 1. The van der Waals surface area contributed by atoms with Crippen molar-refractivity contribution >= 4 is 11.6 Å². The van der Waals surface area contributed by atoms with Gasteiger partial charge in [0.1, 0.15) is 18.1 Å². The second-order valence-corrected chi connectivity index (χ2v) is 4.94. The Balaban J connectivity index is 1.62. The Bertz CT molecular complexity index is 691. The number of nitriles is 1. The first kappa shape index (κ1) is 17.3. The Morgan fingerprint density at radius 1 is 1.08 bits per heavy atom. The fourth-order valence-corrected chi connectivity index (χ4v) is 1.95. The predicted molar refractivity (Wildman–Crippen MR) is 91.1 cm³/mol. The summed E-state index contributed by atoms with van der Waals surface area (Å²) in [6.45, 7) is 1.19. The standard InChI is InChI=1S/C18H19N3O3/c1-23-16-6-8-17(9-7-16)24-11-10-20-13-18(22)21-15-4-2-14(12-19)3-5-15/h2-9,20H,10-11,13H2,1H3,(H,21,22). The Morgan fingerprint density at radius 2 is 1.75 bits per heavy atom. The number of anilines is 1. The van der Waals surface area contributed by atoms with Crippen LogP contribution in [0.15, 0.2) is 48.5 Å². The fourth-order valence-electron chi connectivity index (χ4n) is 1.95. The highest BCUT2D eigenvalue weighted by Gasteiger charge is 2.02. The van der Waals surface area contributed by atoms with Crippen LogP contribution in [-0.4, -0.2) is 32.7 Å². The van der Waals surface area contributed by atoms with Crippen molar-refractivity contribution in [2.24, 2.45) is 0 Å². The molecule has 0 aliphatic rings. The minimum absolute atomic E-state index is 0.149. The molecule has 6 nitrogen and oxygen atoms in total. The van der Waals surface area contributed by atoms with E-state index < -0.39 is 0 Å². The van der Waals surface area contributed by atoms with Crippen molar-refractivity contribution in [3.05, 3.63) is 54.1 Å². The van der Waals surface area contributed by atoms with E-state index in [1.54, 1.807) is 31.4 Å². The molecule has 0 radical (unpaired) electrons. The van der Waals surface area contributed by atoms with Crippen molar-refractivity contribution < 1.29 is 14.3 Å². The minimum atomic E-state index is -0.149. The molecule has 0 spiro atoms. The molecule has 1 amide bonds. The van der Waals surface area contributed by atoms with Crippen LogP contribution in [0.1, 0.15) is 5.56 Å². The largest absolute Gasteiger partial charge is 0.497 e. The molecule has 0 saturated heterocycles. The van der Waals surface area contributed by atoms with Crippen LogP contribution in [0.25, 0.3) is 0 Å². The van der Waals surface area contributed by atoms with Crippen LogP contribution in [0.2, 0.25) is 0 Å². The average molecular weight is 325 g/mol. The molecular weight excluding hydrogens is 306 g/mol. The number of ether oxygens (including phenoxy) is 2. The van der Waals surface area contributed by atoms with Gasteiger partial charge in [-0.15, -0.1) is 0 Å². The van der Waals surface area contributed by atoms with Crippen LogP contribution in [0.3, 0.4) is 0 Å². The van der Waals surface area contributed by atoms with E-state index in [-0.39, 0.29) is 12.5 Å². The van der Waals surface area contributed by atoms with Gasteiger partial charge in [0.05, 0.1) is 25.3 Å². The summed E-state index contributed by atoms with van der Waals surface area (Å²) in [6.07, 6.45) is 0. The van der Waals surface area contributed by atoms with Gasteiger partial charge in [-0.3, -0.25) is 4.79 Å². The van der Waals surface area contributed by atoms with Crippen molar-refractivity contribution in [2.45, 2.75) is 0 Å². The van der Waals surface area contributed by atoms with Crippen molar-refractivity contribution in [1.82, 2.24) is 5.32 Å². The maximum absolute atomic E-state index is 11.8. The van der Waals surface area contributed by atoms with E-state index in [4.69, 9.17) is 14.7 Å². The molecule has 0 atom stereocenters. The van der Waals surface area contributed by atoms with Crippen LogP contribution in [0.5, 0.6) is 11.5 Å². The number of rotatable bonds is 8. The zero-order valence-electron chi connectivity index (χ0n) is 13.4. The molecule has 0 aliphatic carbocycles. The smallest absolute Gasteiger partial charge is 0.238 e. The van der Waals surface area contributed by atoms with Gasteiger partial charge in [-0.2, -0.15) is 5.26 Å². The zero-order valence-corrected chi connectivity index (χ0v) is 13.4. The summed E-state index contributed by atoms with van der Waals surface area (Å²) < 4.78 is 10.6. The summed E-state index contributed by atoms with van der Waals surface area (Å²) in [7, 11) is 1.61.